The van der Waals surface area contributed by atoms with E-state index in [1.165, 1.54) is 0 Å². The highest BCUT2D eigenvalue weighted by atomic mass is 32.2. The summed E-state index contributed by atoms with van der Waals surface area (Å²) in [7, 11) is -5.97. The first-order valence-electron chi connectivity index (χ1n) is 8.53. The van der Waals surface area contributed by atoms with Gasteiger partial charge in [0.25, 0.3) is 5.92 Å². The predicted molar refractivity (Wildman–Crippen MR) is 78.5 cm³/mol. The van der Waals surface area contributed by atoms with Crippen molar-refractivity contribution >= 4 is 16.1 Å². The monoisotopic (exact) mass is 418 g/mol. The van der Waals surface area contributed by atoms with Crippen LogP contribution < -0.4 is 0 Å². The number of hydrogen-bond acceptors (Lipinski definition) is 6. The molecule has 4 saturated carbocycles. The van der Waals surface area contributed by atoms with Crippen LogP contribution in [-0.4, -0.2) is 54.7 Å². The van der Waals surface area contributed by atoms with Gasteiger partial charge in [-0.05, 0) is 38.0 Å². The number of alkyl halides is 4. The summed E-state index contributed by atoms with van der Waals surface area (Å²) >= 11 is 0. The zero-order valence-electron chi connectivity index (χ0n) is 14.0. The second-order valence-electron chi connectivity index (χ2n) is 8.06. The number of hydrogen-bond donors (Lipinski definition) is 1. The summed E-state index contributed by atoms with van der Waals surface area (Å²) in [6.45, 7) is -1.61. The van der Waals surface area contributed by atoms with E-state index < -0.39 is 63.7 Å². The van der Waals surface area contributed by atoms with E-state index >= 15 is 0 Å². The Bertz CT molecular complexity index is 740. The Labute approximate surface area is 152 Å². The fraction of sp³-hybridized carbons (Fsp3) is 0.933. The third kappa shape index (κ3) is 2.87. The summed E-state index contributed by atoms with van der Waals surface area (Å²) in [6.07, 6.45) is 1.45. The highest BCUT2D eigenvalue weighted by Gasteiger charge is 2.68. The highest BCUT2D eigenvalue weighted by Crippen LogP contribution is 2.63. The van der Waals surface area contributed by atoms with Gasteiger partial charge in [-0.1, -0.05) is 0 Å². The molecular formula is C15H18F4O7S. The molecule has 1 spiro atoms. The number of carbonyl (C=O) groups is 1. The van der Waals surface area contributed by atoms with Crippen LogP contribution >= 0.6 is 0 Å². The van der Waals surface area contributed by atoms with Gasteiger partial charge in [0, 0.05) is 11.8 Å². The van der Waals surface area contributed by atoms with Gasteiger partial charge < -0.3 is 14.2 Å². The van der Waals surface area contributed by atoms with Gasteiger partial charge in [0.05, 0.1) is 0 Å². The molecule has 1 aliphatic heterocycles. The molecular weight excluding hydrogens is 400 g/mol. The van der Waals surface area contributed by atoms with Gasteiger partial charge >= 0.3 is 21.3 Å². The van der Waals surface area contributed by atoms with Gasteiger partial charge in [-0.3, -0.25) is 4.55 Å². The van der Waals surface area contributed by atoms with Crippen LogP contribution in [0.1, 0.15) is 32.1 Å². The second kappa shape index (κ2) is 5.55. The second-order valence-corrected chi connectivity index (χ2v) is 9.53. The minimum atomic E-state index is -5.97. The molecule has 7 nitrogen and oxygen atoms in total. The molecule has 1 N–H and O–H groups in total. The smallest absolute Gasteiger partial charge is 0.454 e. The van der Waals surface area contributed by atoms with Gasteiger partial charge in [0.1, 0.15) is 18.8 Å². The molecule has 2 unspecified atom stereocenters. The molecule has 12 heteroatoms. The molecule has 27 heavy (non-hydrogen) atoms. The Morgan fingerprint density at radius 2 is 1.59 bits per heavy atom. The van der Waals surface area contributed by atoms with Gasteiger partial charge in [-0.25, -0.2) is 13.6 Å². The Kier molecular flexibility index (Phi) is 3.97. The quantitative estimate of drug-likeness (QED) is 0.425. The minimum Gasteiger partial charge on any atom is -0.454 e. The van der Waals surface area contributed by atoms with Crippen molar-refractivity contribution in [3.8, 4) is 0 Å². The van der Waals surface area contributed by atoms with E-state index in [-0.39, 0.29) is 25.2 Å². The third-order valence-electron chi connectivity index (χ3n) is 6.16. The molecule has 1 heterocycles. The first-order chi connectivity index (χ1) is 12.3. The van der Waals surface area contributed by atoms with E-state index in [4.69, 9.17) is 18.8 Å². The van der Waals surface area contributed by atoms with Crippen LogP contribution in [-0.2, 0) is 29.1 Å². The summed E-state index contributed by atoms with van der Waals surface area (Å²) in [5.74, 6) is -7.59. The maximum absolute atomic E-state index is 13.6. The Morgan fingerprint density at radius 1 is 1.07 bits per heavy atom. The molecule has 154 valence electrons. The summed E-state index contributed by atoms with van der Waals surface area (Å²) in [4.78, 5) is 11.8. The van der Waals surface area contributed by atoms with Crippen molar-refractivity contribution in [2.24, 2.45) is 17.8 Å². The van der Waals surface area contributed by atoms with E-state index in [0.717, 1.165) is 0 Å². The van der Waals surface area contributed by atoms with Crippen molar-refractivity contribution in [1.29, 1.82) is 0 Å². The van der Waals surface area contributed by atoms with Gasteiger partial charge in [0.2, 0.25) is 0 Å². The van der Waals surface area contributed by atoms with Crippen LogP contribution in [0.15, 0.2) is 0 Å². The molecule has 0 aromatic rings. The lowest BCUT2D eigenvalue weighted by Gasteiger charge is -2.64. The van der Waals surface area contributed by atoms with Crippen LogP contribution in [0.2, 0.25) is 0 Å². The van der Waals surface area contributed by atoms with Crippen molar-refractivity contribution in [2.75, 3.05) is 13.2 Å². The average Bonchev–Trinajstić information content (AvgIpc) is 2.51. The lowest BCUT2D eigenvalue weighted by atomic mass is 9.51. The SMILES string of the molecule is O=C(OC12CC3CC(C1)C1(OCC(F)(F)CO1)C(C3)C2)C(F)(F)S(=O)(=O)O. The van der Waals surface area contributed by atoms with Crippen molar-refractivity contribution in [3.05, 3.63) is 0 Å². The lowest BCUT2D eigenvalue weighted by molar-refractivity contribution is -0.404. The molecule has 5 fully saturated rings. The van der Waals surface area contributed by atoms with Crippen LogP contribution in [0, 0.1) is 17.8 Å². The Balaban J connectivity index is 1.56. The Morgan fingerprint density at radius 3 is 2.07 bits per heavy atom. The first kappa shape index (κ1) is 19.3. The van der Waals surface area contributed by atoms with Crippen molar-refractivity contribution < 1.29 is 49.5 Å². The molecule has 0 amide bonds. The topological polar surface area (TPSA) is 99.1 Å². The molecule has 5 aliphatic rings. The fourth-order valence-electron chi connectivity index (χ4n) is 5.33. The molecule has 2 atom stereocenters. The summed E-state index contributed by atoms with van der Waals surface area (Å²) in [6, 6.07) is 0. The fourth-order valence-corrected chi connectivity index (χ4v) is 5.59. The van der Waals surface area contributed by atoms with E-state index in [1.54, 1.807) is 0 Å². The number of halogens is 4. The van der Waals surface area contributed by atoms with E-state index in [1.807, 2.05) is 0 Å². The van der Waals surface area contributed by atoms with Crippen molar-refractivity contribution in [2.45, 2.75) is 54.7 Å². The zero-order chi connectivity index (χ0) is 19.9. The molecule has 0 radical (unpaired) electrons. The van der Waals surface area contributed by atoms with Crippen LogP contribution in [0.5, 0.6) is 0 Å². The normalized spacial score (nSPS) is 39.5. The van der Waals surface area contributed by atoms with Crippen molar-refractivity contribution in [1.82, 2.24) is 0 Å². The van der Waals surface area contributed by atoms with Crippen LogP contribution in [0.4, 0.5) is 17.6 Å². The third-order valence-corrected chi connectivity index (χ3v) is 6.97. The van der Waals surface area contributed by atoms with E-state index in [0.29, 0.717) is 12.8 Å². The molecule has 0 aromatic heterocycles. The largest absolute Gasteiger partial charge is 0.465 e. The van der Waals surface area contributed by atoms with Crippen molar-refractivity contribution in [3.63, 3.8) is 0 Å². The predicted octanol–water partition coefficient (Wildman–Crippen LogP) is 1.97. The summed E-state index contributed by atoms with van der Waals surface area (Å²) < 4.78 is 100.0. The number of rotatable bonds is 3. The molecule has 5 rings (SSSR count). The molecule has 4 bridgehead atoms. The average molecular weight is 418 g/mol. The number of carbonyl (C=O) groups excluding carboxylic acids is 1. The standard InChI is InChI=1S/C15H18F4O7S/c16-13(17)6-24-14(25-7-13)9-1-8-2-10(14)5-12(3-8,4-9)26-11(20)15(18,19)27(21,22)23/h8-10H,1-7H2,(H,21,22,23). The summed E-state index contributed by atoms with van der Waals surface area (Å²) in [5.41, 5.74) is -1.35. The van der Waals surface area contributed by atoms with Gasteiger partial charge in [0.15, 0.2) is 5.79 Å². The number of esters is 1. The van der Waals surface area contributed by atoms with Gasteiger partial charge in [-0.2, -0.15) is 17.2 Å². The van der Waals surface area contributed by atoms with E-state index in [2.05, 4.69) is 0 Å². The zero-order valence-corrected chi connectivity index (χ0v) is 14.8. The minimum absolute atomic E-state index is 0.00471. The lowest BCUT2D eigenvalue weighted by Crippen LogP contribution is -2.69. The first-order valence-corrected chi connectivity index (χ1v) is 9.97. The van der Waals surface area contributed by atoms with E-state index in [9.17, 15) is 30.8 Å². The van der Waals surface area contributed by atoms with Crippen LogP contribution in [0.25, 0.3) is 0 Å². The van der Waals surface area contributed by atoms with Crippen LogP contribution in [0.3, 0.4) is 0 Å². The molecule has 0 aromatic carbocycles. The van der Waals surface area contributed by atoms with Gasteiger partial charge in [-0.15, -0.1) is 0 Å². The molecule has 1 saturated heterocycles. The Hall–Kier alpha value is -0.980. The maximum atomic E-state index is 13.6. The summed E-state index contributed by atoms with van der Waals surface area (Å²) in [5, 5.41) is -5.08. The highest BCUT2D eigenvalue weighted by molar-refractivity contribution is 7.87. The maximum Gasteiger partial charge on any atom is 0.465 e. The number of ether oxygens (including phenoxy) is 3. The molecule has 4 aliphatic carbocycles.